The number of halogens is 3. The van der Waals surface area contributed by atoms with Crippen LogP contribution in [0.2, 0.25) is 10.0 Å². The Labute approximate surface area is 240 Å². The van der Waals surface area contributed by atoms with Gasteiger partial charge in [-0.25, -0.2) is 0 Å². The van der Waals surface area contributed by atoms with Crippen LogP contribution in [-0.4, -0.2) is 35.9 Å². The van der Waals surface area contributed by atoms with Crippen LogP contribution in [0, 0.1) is 0 Å². The van der Waals surface area contributed by atoms with Crippen molar-refractivity contribution in [1.29, 1.82) is 0 Å². The zero-order chi connectivity index (χ0) is 27.1. The second kappa shape index (κ2) is 13.1. The predicted octanol–water partition coefficient (Wildman–Crippen LogP) is 7.06. The highest BCUT2D eigenvalue weighted by Crippen LogP contribution is 2.33. The van der Waals surface area contributed by atoms with Crippen molar-refractivity contribution >= 4 is 61.7 Å². The minimum atomic E-state index is -0.778. The zero-order valence-corrected chi connectivity index (χ0v) is 23.9. The molecule has 0 saturated heterocycles. The van der Waals surface area contributed by atoms with Gasteiger partial charge in [0.25, 0.3) is 5.91 Å². The maximum absolute atomic E-state index is 13.8. The topological polar surface area (TPSA) is 58.6 Å². The molecule has 1 atom stereocenters. The number of ether oxygens (including phenoxy) is 1. The lowest BCUT2D eigenvalue weighted by Gasteiger charge is -2.31. The highest BCUT2D eigenvalue weighted by Gasteiger charge is 2.31. The first-order valence-corrected chi connectivity index (χ1v) is 13.8. The maximum Gasteiger partial charge on any atom is 0.261 e. The van der Waals surface area contributed by atoms with Crippen LogP contribution in [0.4, 0.5) is 0 Å². The van der Waals surface area contributed by atoms with E-state index in [0.717, 1.165) is 20.8 Å². The van der Waals surface area contributed by atoms with Crippen LogP contribution in [-0.2, 0) is 22.6 Å². The van der Waals surface area contributed by atoms with E-state index in [0.29, 0.717) is 34.3 Å². The number of likely N-dealkylation sites (N-methyl/N-ethyl adjacent to an activating group) is 1. The summed E-state index contributed by atoms with van der Waals surface area (Å²) in [7, 11) is 0. The van der Waals surface area contributed by atoms with Gasteiger partial charge < -0.3 is 15.0 Å². The van der Waals surface area contributed by atoms with Crippen LogP contribution in [0.15, 0.2) is 89.4 Å². The number of nitrogens with zero attached hydrogens (tertiary/aromatic N) is 1. The summed E-state index contributed by atoms with van der Waals surface area (Å²) in [5, 5.41) is 5.82. The Morgan fingerprint density at radius 2 is 1.71 bits per heavy atom. The molecule has 196 valence electrons. The molecule has 5 nitrogen and oxygen atoms in total. The third-order valence-electron chi connectivity index (χ3n) is 6.16. The summed E-state index contributed by atoms with van der Waals surface area (Å²) in [5.41, 5.74) is 1.61. The molecule has 0 aliphatic heterocycles. The minimum Gasteiger partial charge on any atom is -0.483 e. The largest absolute Gasteiger partial charge is 0.483 e. The average molecular weight is 614 g/mol. The highest BCUT2D eigenvalue weighted by atomic mass is 79.9. The smallest absolute Gasteiger partial charge is 0.261 e. The number of hydrogen-bond donors (Lipinski definition) is 1. The van der Waals surface area contributed by atoms with Crippen molar-refractivity contribution in [2.45, 2.75) is 25.9 Å². The molecular weight excluding hydrogens is 587 g/mol. The van der Waals surface area contributed by atoms with Crippen LogP contribution in [0.5, 0.6) is 5.75 Å². The molecule has 2 amide bonds. The van der Waals surface area contributed by atoms with E-state index in [9.17, 15) is 9.59 Å². The molecule has 38 heavy (non-hydrogen) atoms. The molecule has 4 rings (SSSR count). The lowest BCUT2D eigenvalue weighted by molar-refractivity contribution is -0.142. The SMILES string of the molecule is CCNC(=O)C(Cc1ccccc1)N(Cc1ccc(Cl)cc1Cl)C(=O)COc1ccc2ccccc2c1Br. The van der Waals surface area contributed by atoms with Gasteiger partial charge in [-0.1, -0.05) is 89.9 Å². The molecule has 0 bridgehead atoms. The van der Waals surface area contributed by atoms with Gasteiger partial charge in [0.05, 0.1) is 4.47 Å². The molecule has 0 aromatic heterocycles. The highest BCUT2D eigenvalue weighted by molar-refractivity contribution is 9.10. The molecule has 0 radical (unpaired) electrons. The van der Waals surface area contributed by atoms with E-state index in [1.807, 2.05) is 73.7 Å². The molecule has 0 saturated carbocycles. The third kappa shape index (κ3) is 6.87. The van der Waals surface area contributed by atoms with Gasteiger partial charge in [-0.3, -0.25) is 9.59 Å². The predicted molar refractivity (Wildman–Crippen MR) is 157 cm³/mol. The van der Waals surface area contributed by atoms with Crippen LogP contribution in [0.3, 0.4) is 0 Å². The summed E-state index contributed by atoms with van der Waals surface area (Å²) in [6, 6.07) is 25.6. The number of rotatable bonds is 10. The summed E-state index contributed by atoms with van der Waals surface area (Å²) in [6.45, 7) is 2.15. The number of fused-ring (bicyclic) bond motifs is 1. The Kier molecular flexibility index (Phi) is 9.67. The second-order valence-electron chi connectivity index (χ2n) is 8.74. The standard InChI is InChI=1S/C30H27BrCl2N2O3/c1-2-34-30(37)26(16-20-8-4-3-5-9-20)35(18-22-12-14-23(32)17-25(22)33)28(36)19-38-27-15-13-21-10-6-7-11-24(21)29(27)31/h3-15,17,26H,2,16,18-19H2,1H3,(H,34,37). The first kappa shape index (κ1) is 28.0. The first-order chi connectivity index (χ1) is 18.4. The summed E-state index contributed by atoms with van der Waals surface area (Å²) in [4.78, 5) is 28.6. The van der Waals surface area contributed by atoms with Gasteiger partial charge >= 0.3 is 0 Å². The average Bonchev–Trinajstić information content (AvgIpc) is 2.92. The van der Waals surface area contributed by atoms with Crippen molar-refractivity contribution < 1.29 is 14.3 Å². The Balaban J connectivity index is 1.65. The molecule has 1 N–H and O–H groups in total. The van der Waals surface area contributed by atoms with Gasteiger partial charge in [0.2, 0.25) is 5.91 Å². The zero-order valence-electron chi connectivity index (χ0n) is 20.8. The Morgan fingerprint density at radius 3 is 2.45 bits per heavy atom. The fourth-order valence-electron chi connectivity index (χ4n) is 4.23. The van der Waals surface area contributed by atoms with Gasteiger partial charge in [-0.2, -0.15) is 0 Å². The molecule has 0 aliphatic carbocycles. The molecule has 0 fully saturated rings. The molecule has 0 aliphatic rings. The van der Waals surface area contributed by atoms with Crippen molar-refractivity contribution in [3.8, 4) is 5.75 Å². The molecule has 4 aromatic rings. The summed E-state index contributed by atoms with van der Waals surface area (Å²) >= 11 is 16.2. The van der Waals surface area contributed by atoms with E-state index in [1.54, 1.807) is 18.2 Å². The lowest BCUT2D eigenvalue weighted by atomic mass is 10.0. The van der Waals surface area contributed by atoms with Crippen LogP contribution in [0.25, 0.3) is 10.8 Å². The first-order valence-electron chi connectivity index (χ1n) is 12.2. The fourth-order valence-corrected chi connectivity index (χ4v) is 5.30. The van der Waals surface area contributed by atoms with Gasteiger partial charge in [-0.05, 0) is 63.0 Å². The van der Waals surface area contributed by atoms with E-state index in [4.69, 9.17) is 27.9 Å². The van der Waals surface area contributed by atoms with E-state index < -0.39 is 6.04 Å². The van der Waals surface area contributed by atoms with E-state index in [1.165, 1.54) is 4.90 Å². The minimum absolute atomic E-state index is 0.117. The monoisotopic (exact) mass is 612 g/mol. The van der Waals surface area contributed by atoms with Gasteiger partial charge in [-0.15, -0.1) is 0 Å². The van der Waals surface area contributed by atoms with Crippen molar-refractivity contribution in [3.63, 3.8) is 0 Å². The van der Waals surface area contributed by atoms with Crippen molar-refractivity contribution in [2.24, 2.45) is 0 Å². The molecule has 0 heterocycles. The quantitative estimate of drug-likeness (QED) is 0.208. The van der Waals surface area contributed by atoms with E-state index >= 15 is 0 Å². The van der Waals surface area contributed by atoms with Gasteiger partial charge in [0.1, 0.15) is 11.8 Å². The van der Waals surface area contributed by atoms with E-state index in [-0.39, 0.29) is 25.0 Å². The van der Waals surface area contributed by atoms with Crippen LogP contribution < -0.4 is 10.1 Å². The Hall–Kier alpha value is -3.06. The van der Waals surface area contributed by atoms with Crippen LogP contribution >= 0.6 is 39.1 Å². The number of carbonyl (C=O) groups is 2. The number of nitrogens with one attached hydrogen (secondary N) is 1. The second-order valence-corrected chi connectivity index (χ2v) is 10.4. The van der Waals surface area contributed by atoms with Crippen molar-refractivity contribution in [1.82, 2.24) is 10.2 Å². The summed E-state index contributed by atoms with van der Waals surface area (Å²) in [5.74, 6) is -0.0518. The van der Waals surface area contributed by atoms with Gasteiger partial charge in [0.15, 0.2) is 6.61 Å². The van der Waals surface area contributed by atoms with E-state index in [2.05, 4.69) is 21.2 Å². The molecule has 4 aromatic carbocycles. The number of amides is 2. The van der Waals surface area contributed by atoms with Crippen LogP contribution in [0.1, 0.15) is 18.1 Å². The lowest BCUT2D eigenvalue weighted by Crippen LogP contribution is -2.51. The summed E-state index contributed by atoms with van der Waals surface area (Å²) in [6.07, 6.45) is 0.337. The third-order valence-corrected chi connectivity index (χ3v) is 7.56. The molecule has 8 heteroatoms. The Morgan fingerprint density at radius 1 is 0.974 bits per heavy atom. The normalized spacial score (nSPS) is 11.7. The molecule has 0 spiro atoms. The molecule has 1 unspecified atom stereocenters. The summed E-state index contributed by atoms with van der Waals surface area (Å²) < 4.78 is 6.76. The number of carbonyl (C=O) groups excluding carboxylic acids is 2. The molecular formula is C30H27BrCl2N2O3. The fraction of sp³-hybridized carbons (Fsp3) is 0.200. The number of benzene rings is 4. The van der Waals surface area contributed by atoms with Crippen molar-refractivity contribution in [3.05, 3.63) is 111 Å². The number of hydrogen-bond acceptors (Lipinski definition) is 3. The Bertz CT molecular complexity index is 1430. The van der Waals surface area contributed by atoms with Gasteiger partial charge in [0, 0.05) is 29.6 Å². The van der Waals surface area contributed by atoms with Crippen molar-refractivity contribution in [2.75, 3.05) is 13.2 Å². The maximum atomic E-state index is 13.8.